The largest absolute Gasteiger partial charge is 0.391 e. The summed E-state index contributed by atoms with van der Waals surface area (Å²) in [7, 11) is 0. The lowest BCUT2D eigenvalue weighted by atomic mass is 9.78. The predicted molar refractivity (Wildman–Crippen MR) is 149 cm³/mol. The van der Waals surface area contributed by atoms with Gasteiger partial charge in [-0.25, -0.2) is 9.97 Å². The van der Waals surface area contributed by atoms with Crippen molar-refractivity contribution in [1.82, 2.24) is 15.3 Å². The Morgan fingerprint density at radius 3 is 2.61 bits per heavy atom. The minimum Gasteiger partial charge on any atom is -0.391 e. The zero-order valence-corrected chi connectivity index (χ0v) is 22.0. The first-order valence-electron chi connectivity index (χ1n) is 14.3. The SMILES string of the molecule is O=C(NCC1CCC(C[C@H]2CCOC2)CC1)c1cc(-c2ccc(N3CC[C@@H](O)C3)nc2)nc2ccccc12. The lowest BCUT2D eigenvalue weighted by molar-refractivity contribution is 0.0941. The van der Waals surface area contributed by atoms with Crippen LogP contribution in [0.3, 0.4) is 0 Å². The van der Waals surface area contributed by atoms with Crippen LogP contribution in [0, 0.1) is 17.8 Å². The first-order chi connectivity index (χ1) is 18.6. The lowest BCUT2D eigenvalue weighted by Crippen LogP contribution is -2.31. The second kappa shape index (κ2) is 11.4. The molecule has 1 saturated carbocycles. The number of carbonyl (C=O) groups is 1. The molecule has 4 heterocycles. The van der Waals surface area contributed by atoms with Crippen LogP contribution in [0.15, 0.2) is 48.7 Å². The van der Waals surface area contributed by atoms with Crippen molar-refractivity contribution in [3.05, 3.63) is 54.2 Å². The number of fused-ring (bicyclic) bond motifs is 1. The molecular formula is C31H38N4O3. The summed E-state index contributed by atoms with van der Waals surface area (Å²) < 4.78 is 5.56. The summed E-state index contributed by atoms with van der Waals surface area (Å²) in [5.74, 6) is 2.94. The van der Waals surface area contributed by atoms with E-state index in [0.717, 1.165) is 72.5 Å². The van der Waals surface area contributed by atoms with Crippen LogP contribution in [-0.4, -0.2) is 59.9 Å². The molecule has 2 N–H and O–H groups in total. The highest BCUT2D eigenvalue weighted by molar-refractivity contribution is 6.07. The number of benzene rings is 1. The third-order valence-electron chi connectivity index (χ3n) is 8.70. The highest BCUT2D eigenvalue weighted by Gasteiger charge is 2.26. The molecule has 2 aromatic heterocycles. The van der Waals surface area contributed by atoms with E-state index >= 15 is 0 Å². The molecule has 1 amide bonds. The average molecular weight is 515 g/mol. The monoisotopic (exact) mass is 514 g/mol. The molecule has 0 unspecified atom stereocenters. The zero-order valence-electron chi connectivity index (χ0n) is 22.0. The minimum atomic E-state index is -0.290. The van der Waals surface area contributed by atoms with Gasteiger partial charge in [0, 0.05) is 50.0 Å². The third-order valence-corrected chi connectivity index (χ3v) is 8.70. The molecule has 7 nitrogen and oxygen atoms in total. The summed E-state index contributed by atoms with van der Waals surface area (Å²) in [6.07, 6.45) is 9.72. The molecular weight excluding hydrogens is 476 g/mol. The van der Waals surface area contributed by atoms with E-state index in [1.54, 1.807) is 0 Å². The van der Waals surface area contributed by atoms with E-state index in [1.807, 2.05) is 48.7 Å². The number of amides is 1. The van der Waals surface area contributed by atoms with Gasteiger partial charge in [-0.1, -0.05) is 31.0 Å². The van der Waals surface area contributed by atoms with Crippen LogP contribution in [0.2, 0.25) is 0 Å². The first-order valence-corrected chi connectivity index (χ1v) is 14.3. The van der Waals surface area contributed by atoms with E-state index in [0.29, 0.717) is 18.0 Å². The van der Waals surface area contributed by atoms with Crippen LogP contribution >= 0.6 is 0 Å². The van der Waals surface area contributed by atoms with Gasteiger partial charge >= 0.3 is 0 Å². The van der Waals surface area contributed by atoms with Crippen molar-refractivity contribution in [2.24, 2.45) is 17.8 Å². The number of hydrogen-bond acceptors (Lipinski definition) is 6. The summed E-state index contributed by atoms with van der Waals surface area (Å²) >= 11 is 0. The Bertz CT molecular complexity index is 1250. The number of carbonyl (C=O) groups excluding carboxylic acids is 1. The first kappa shape index (κ1) is 25.3. The number of nitrogens with one attached hydrogen (secondary N) is 1. The molecule has 3 aromatic rings. The van der Waals surface area contributed by atoms with Crippen molar-refractivity contribution in [1.29, 1.82) is 0 Å². The quantitative estimate of drug-likeness (QED) is 0.470. The number of pyridine rings is 2. The van der Waals surface area contributed by atoms with Gasteiger partial charge in [0.25, 0.3) is 5.91 Å². The Kier molecular flexibility index (Phi) is 7.56. The number of aromatic nitrogens is 2. The van der Waals surface area contributed by atoms with Crippen molar-refractivity contribution in [2.75, 3.05) is 37.7 Å². The van der Waals surface area contributed by atoms with E-state index in [9.17, 15) is 9.90 Å². The number of ether oxygens (including phenoxy) is 1. The maximum atomic E-state index is 13.4. The minimum absolute atomic E-state index is 0.0364. The fourth-order valence-corrected chi connectivity index (χ4v) is 6.43. The molecule has 6 rings (SSSR count). The Morgan fingerprint density at radius 1 is 1.03 bits per heavy atom. The van der Waals surface area contributed by atoms with Crippen LogP contribution in [-0.2, 0) is 4.74 Å². The smallest absolute Gasteiger partial charge is 0.252 e. The molecule has 2 saturated heterocycles. The second-order valence-corrected chi connectivity index (χ2v) is 11.4. The van der Waals surface area contributed by atoms with E-state index in [-0.39, 0.29) is 12.0 Å². The summed E-state index contributed by atoms with van der Waals surface area (Å²) in [6.45, 7) is 4.02. The highest BCUT2D eigenvalue weighted by Crippen LogP contribution is 2.34. The van der Waals surface area contributed by atoms with Gasteiger partial charge in [0.2, 0.25) is 0 Å². The molecule has 0 spiro atoms. The molecule has 3 aliphatic rings. The number of nitrogens with zero attached hydrogens (tertiary/aromatic N) is 3. The fraction of sp³-hybridized carbons (Fsp3) is 0.516. The van der Waals surface area contributed by atoms with Crippen LogP contribution in [0.5, 0.6) is 0 Å². The summed E-state index contributed by atoms with van der Waals surface area (Å²) in [6, 6.07) is 13.7. The molecule has 1 aromatic carbocycles. The van der Waals surface area contributed by atoms with E-state index in [4.69, 9.17) is 9.72 Å². The topological polar surface area (TPSA) is 87.6 Å². The summed E-state index contributed by atoms with van der Waals surface area (Å²) in [5, 5.41) is 14.0. The molecule has 0 radical (unpaired) electrons. The molecule has 7 heteroatoms. The number of rotatable bonds is 7. The summed E-state index contributed by atoms with van der Waals surface area (Å²) in [5.41, 5.74) is 3.08. The number of β-amino-alcohol motifs (C(OH)–C–C–N with tert-alkyl or cyclic N) is 1. The van der Waals surface area contributed by atoms with Crippen molar-refractivity contribution in [3.8, 4) is 11.3 Å². The number of para-hydroxylation sites is 1. The van der Waals surface area contributed by atoms with Gasteiger partial charge in [-0.15, -0.1) is 0 Å². The van der Waals surface area contributed by atoms with Gasteiger partial charge in [0.15, 0.2) is 0 Å². The number of anilines is 1. The normalized spacial score (nSPS) is 25.7. The van der Waals surface area contributed by atoms with Gasteiger partial charge in [-0.2, -0.15) is 0 Å². The predicted octanol–water partition coefficient (Wildman–Crippen LogP) is 4.83. The molecule has 38 heavy (non-hydrogen) atoms. The van der Waals surface area contributed by atoms with Crippen molar-refractivity contribution < 1.29 is 14.6 Å². The van der Waals surface area contributed by atoms with E-state index in [2.05, 4.69) is 15.2 Å². The maximum Gasteiger partial charge on any atom is 0.252 e. The van der Waals surface area contributed by atoms with Gasteiger partial charge in [0.05, 0.1) is 22.9 Å². The van der Waals surface area contributed by atoms with Crippen LogP contribution < -0.4 is 10.2 Å². The molecule has 0 bridgehead atoms. The number of aliphatic hydroxyl groups is 1. The fourth-order valence-electron chi connectivity index (χ4n) is 6.43. The van der Waals surface area contributed by atoms with Crippen LogP contribution in [0.25, 0.3) is 22.2 Å². The van der Waals surface area contributed by atoms with Crippen molar-refractivity contribution in [2.45, 2.75) is 51.0 Å². The molecule has 1 aliphatic carbocycles. The molecule has 3 fully saturated rings. The van der Waals surface area contributed by atoms with Gasteiger partial charge in [-0.3, -0.25) is 4.79 Å². The van der Waals surface area contributed by atoms with Gasteiger partial charge in [-0.05, 0) is 74.1 Å². The molecule has 2 atom stereocenters. The Balaban J connectivity index is 1.12. The van der Waals surface area contributed by atoms with E-state index in [1.165, 1.54) is 38.5 Å². The highest BCUT2D eigenvalue weighted by atomic mass is 16.5. The molecule has 200 valence electrons. The van der Waals surface area contributed by atoms with Crippen molar-refractivity contribution in [3.63, 3.8) is 0 Å². The Labute approximate surface area is 224 Å². The standard InChI is InChI=1S/C31H38N4O3/c36-25-11-13-35(19-25)30-10-9-24(18-32-30)29-16-27(26-3-1-2-4-28(26)34-29)31(37)33-17-22-7-5-21(6-8-22)15-23-12-14-38-20-23/h1-4,9-10,16,18,21-23,25,36H,5-8,11-15,17,19-20H2,(H,33,37)/t21?,22?,23-,25-/m1/s1. The van der Waals surface area contributed by atoms with Gasteiger partial charge < -0.3 is 20.1 Å². The Hall–Kier alpha value is -3.03. The van der Waals surface area contributed by atoms with Gasteiger partial charge in [0.1, 0.15) is 5.82 Å². The maximum absolute atomic E-state index is 13.4. The van der Waals surface area contributed by atoms with Crippen molar-refractivity contribution >= 4 is 22.6 Å². The summed E-state index contributed by atoms with van der Waals surface area (Å²) in [4.78, 5) is 25.0. The van der Waals surface area contributed by atoms with Crippen LogP contribution in [0.1, 0.15) is 55.3 Å². The third kappa shape index (κ3) is 5.69. The average Bonchev–Trinajstić information content (AvgIpc) is 3.64. The lowest BCUT2D eigenvalue weighted by Gasteiger charge is -2.30. The number of aliphatic hydroxyl groups excluding tert-OH is 1. The second-order valence-electron chi connectivity index (χ2n) is 11.4. The zero-order chi connectivity index (χ0) is 25.9. The molecule has 2 aliphatic heterocycles. The number of hydrogen-bond donors (Lipinski definition) is 2. The van der Waals surface area contributed by atoms with E-state index < -0.39 is 0 Å². The Morgan fingerprint density at radius 2 is 1.87 bits per heavy atom. The van der Waals surface area contributed by atoms with Crippen LogP contribution in [0.4, 0.5) is 5.82 Å².